The van der Waals surface area contributed by atoms with Crippen LogP contribution in [0.3, 0.4) is 0 Å². The first-order valence-electron chi connectivity index (χ1n) is 7.70. The average Bonchev–Trinajstić information content (AvgIpc) is 2.49. The van der Waals surface area contributed by atoms with E-state index in [4.69, 9.17) is 4.74 Å². The van der Waals surface area contributed by atoms with Gasteiger partial charge < -0.3 is 4.74 Å². The van der Waals surface area contributed by atoms with Crippen molar-refractivity contribution in [3.8, 4) is 0 Å². The van der Waals surface area contributed by atoms with Crippen LogP contribution in [0.1, 0.15) is 44.6 Å². The molecule has 2 rings (SSSR count). The molecule has 1 atom stereocenters. The molecule has 116 valence electrons. The van der Waals surface area contributed by atoms with Gasteiger partial charge in [0.05, 0.1) is 0 Å². The van der Waals surface area contributed by atoms with Crippen LogP contribution < -0.4 is 0 Å². The van der Waals surface area contributed by atoms with Crippen molar-refractivity contribution < 1.29 is 13.9 Å². The number of ketones is 1. The summed E-state index contributed by atoms with van der Waals surface area (Å²) in [5, 5.41) is 0. The lowest BCUT2D eigenvalue weighted by molar-refractivity contribution is -0.134. The van der Waals surface area contributed by atoms with Crippen molar-refractivity contribution >= 4 is 21.7 Å². The van der Waals surface area contributed by atoms with Crippen LogP contribution >= 0.6 is 15.9 Å². The molecule has 4 heteroatoms. The SMILES string of the molecule is CCOC(C(=O)Cc1cc(Br)ccc1F)C1CCCCC1. The highest BCUT2D eigenvalue weighted by molar-refractivity contribution is 9.10. The van der Waals surface area contributed by atoms with Crippen LogP contribution in [0.4, 0.5) is 4.39 Å². The number of ether oxygens (including phenoxy) is 1. The zero-order chi connectivity index (χ0) is 15.2. The van der Waals surface area contributed by atoms with Crippen LogP contribution in [-0.4, -0.2) is 18.5 Å². The zero-order valence-electron chi connectivity index (χ0n) is 12.4. The van der Waals surface area contributed by atoms with Gasteiger partial charge in [-0.1, -0.05) is 35.2 Å². The Morgan fingerprint density at radius 3 is 2.76 bits per heavy atom. The normalized spacial score (nSPS) is 17.7. The van der Waals surface area contributed by atoms with Crippen LogP contribution in [-0.2, 0) is 16.0 Å². The van der Waals surface area contributed by atoms with Gasteiger partial charge in [-0.2, -0.15) is 0 Å². The van der Waals surface area contributed by atoms with Gasteiger partial charge in [-0.15, -0.1) is 0 Å². The second kappa shape index (κ2) is 8.04. The summed E-state index contributed by atoms with van der Waals surface area (Å²) in [6, 6.07) is 4.71. The van der Waals surface area contributed by atoms with Gasteiger partial charge in [0, 0.05) is 17.5 Å². The number of carbonyl (C=O) groups excluding carboxylic acids is 1. The molecule has 0 spiro atoms. The van der Waals surface area contributed by atoms with E-state index >= 15 is 0 Å². The van der Waals surface area contributed by atoms with E-state index < -0.39 is 0 Å². The fraction of sp³-hybridized carbons (Fsp3) is 0.588. The molecule has 0 heterocycles. The number of hydrogen-bond acceptors (Lipinski definition) is 2. The largest absolute Gasteiger partial charge is 0.370 e. The number of Topliss-reactive ketones (excluding diaryl/α,β-unsaturated/α-hetero) is 1. The number of benzene rings is 1. The Labute approximate surface area is 134 Å². The summed E-state index contributed by atoms with van der Waals surface area (Å²) in [5.74, 6) is -0.0346. The van der Waals surface area contributed by atoms with Crippen molar-refractivity contribution in [3.05, 3.63) is 34.1 Å². The highest BCUT2D eigenvalue weighted by Gasteiger charge is 2.30. The van der Waals surface area contributed by atoms with Crippen molar-refractivity contribution in [2.75, 3.05) is 6.61 Å². The topological polar surface area (TPSA) is 26.3 Å². The number of carbonyl (C=O) groups is 1. The van der Waals surface area contributed by atoms with E-state index in [-0.39, 0.29) is 24.1 Å². The molecule has 1 aliphatic rings. The highest BCUT2D eigenvalue weighted by Crippen LogP contribution is 2.29. The third-order valence-electron chi connectivity index (χ3n) is 4.11. The van der Waals surface area contributed by atoms with Gasteiger partial charge in [0.15, 0.2) is 5.78 Å². The molecule has 2 nitrogen and oxygen atoms in total. The predicted molar refractivity (Wildman–Crippen MR) is 84.8 cm³/mol. The first-order valence-corrected chi connectivity index (χ1v) is 8.49. The number of rotatable bonds is 6. The Kier molecular flexibility index (Phi) is 6.37. The van der Waals surface area contributed by atoms with Gasteiger partial charge in [-0.05, 0) is 49.4 Å². The molecular weight excluding hydrogens is 335 g/mol. The minimum absolute atomic E-state index is 0.000694. The third kappa shape index (κ3) is 4.62. The van der Waals surface area contributed by atoms with Gasteiger partial charge in [0.25, 0.3) is 0 Å². The highest BCUT2D eigenvalue weighted by atomic mass is 79.9. The lowest BCUT2D eigenvalue weighted by Crippen LogP contribution is -2.35. The monoisotopic (exact) mass is 356 g/mol. The van der Waals surface area contributed by atoms with Crippen molar-refractivity contribution in [2.24, 2.45) is 5.92 Å². The second-order valence-corrected chi connectivity index (χ2v) is 6.57. The molecule has 0 amide bonds. The molecule has 0 radical (unpaired) electrons. The van der Waals surface area contributed by atoms with Crippen molar-refractivity contribution in [1.29, 1.82) is 0 Å². The quantitative estimate of drug-likeness (QED) is 0.739. The molecule has 1 aromatic rings. The molecular formula is C17H22BrFO2. The minimum Gasteiger partial charge on any atom is -0.370 e. The van der Waals surface area contributed by atoms with E-state index in [2.05, 4.69) is 15.9 Å². The lowest BCUT2D eigenvalue weighted by atomic mass is 9.82. The minimum atomic E-state index is -0.381. The third-order valence-corrected chi connectivity index (χ3v) is 4.61. The van der Waals surface area contributed by atoms with E-state index in [9.17, 15) is 9.18 Å². The molecule has 1 unspecified atom stereocenters. The second-order valence-electron chi connectivity index (χ2n) is 5.65. The van der Waals surface area contributed by atoms with Crippen molar-refractivity contribution in [3.63, 3.8) is 0 Å². The van der Waals surface area contributed by atoms with E-state index in [0.29, 0.717) is 18.1 Å². The molecule has 0 bridgehead atoms. The number of halogens is 2. The van der Waals surface area contributed by atoms with E-state index in [1.54, 1.807) is 12.1 Å². The van der Waals surface area contributed by atoms with Crippen LogP contribution in [0, 0.1) is 11.7 Å². The summed E-state index contributed by atoms with van der Waals surface area (Å²) in [6.45, 7) is 2.43. The van der Waals surface area contributed by atoms with Gasteiger partial charge >= 0.3 is 0 Å². The first kappa shape index (κ1) is 16.6. The summed E-state index contributed by atoms with van der Waals surface area (Å²) < 4.78 is 20.3. The smallest absolute Gasteiger partial charge is 0.166 e. The number of hydrogen-bond donors (Lipinski definition) is 0. The Balaban J connectivity index is 2.08. The van der Waals surface area contributed by atoms with E-state index in [1.165, 1.54) is 12.5 Å². The maximum absolute atomic E-state index is 13.8. The molecule has 0 saturated heterocycles. The van der Waals surface area contributed by atoms with Crippen molar-refractivity contribution in [1.82, 2.24) is 0 Å². The average molecular weight is 357 g/mol. The Hall–Kier alpha value is -0.740. The van der Waals surface area contributed by atoms with E-state index in [0.717, 1.165) is 30.2 Å². The summed E-state index contributed by atoms with van der Waals surface area (Å²) in [7, 11) is 0. The predicted octanol–water partition coefficient (Wildman–Crippen LogP) is 4.69. The van der Waals surface area contributed by atoms with Gasteiger partial charge in [0.2, 0.25) is 0 Å². The molecule has 0 aromatic heterocycles. The van der Waals surface area contributed by atoms with Crippen LogP contribution in [0.5, 0.6) is 0 Å². The molecule has 1 aromatic carbocycles. The molecule has 1 saturated carbocycles. The Morgan fingerprint density at radius 2 is 2.10 bits per heavy atom. The first-order chi connectivity index (χ1) is 10.1. The fourth-order valence-electron chi connectivity index (χ4n) is 3.08. The summed E-state index contributed by atoms with van der Waals surface area (Å²) in [6.07, 6.45) is 5.36. The van der Waals surface area contributed by atoms with Crippen LogP contribution in [0.15, 0.2) is 22.7 Å². The van der Waals surface area contributed by atoms with Crippen LogP contribution in [0.2, 0.25) is 0 Å². The maximum Gasteiger partial charge on any atom is 0.166 e. The zero-order valence-corrected chi connectivity index (χ0v) is 14.0. The summed E-state index contributed by atoms with van der Waals surface area (Å²) in [4.78, 5) is 12.6. The molecule has 0 aliphatic heterocycles. The van der Waals surface area contributed by atoms with Gasteiger partial charge in [-0.3, -0.25) is 4.79 Å². The van der Waals surface area contributed by atoms with Crippen molar-refractivity contribution in [2.45, 2.75) is 51.6 Å². The molecule has 21 heavy (non-hydrogen) atoms. The van der Waals surface area contributed by atoms with Crippen LogP contribution in [0.25, 0.3) is 0 Å². The standard InChI is InChI=1S/C17H22BrFO2/c1-2-21-17(12-6-4-3-5-7-12)16(20)11-13-10-14(18)8-9-15(13)19/h8-10,12,17H,2-7,11H2,1H3. The molecule has 1 fully saturated rings. The van der Waals surface area contributed by atoms with E-state index in [1.807, 2.05) is 6.92 Å². The summed E-state index contributed by atoms with van der Waals surface area (Å²) in [5.41, 5.74) is 0.440. The lowest BCUT2D eigenvalue weighted by Gasteiger charge is -2.29. The summed E-state index contributed by atoms with van der Waals surface area (Å²) >= 11 is 3.32. The van der Waals surface area contributed by atoms with Gasteiger partial charge in [0.1, 0.15) is 11.9 Å². The fourth-order valence-corrected chi connectivity index (χ4v) is 3.48. The maximum atomic E-state index is 13.8. The Morgan fingerprint density at radius 1 is 1.38 bits per heavy atom. The Bertz CT molecular complexity index is 484. The van der Waals surface area contributed by atoms with Gasteiger partial charge in [-0.25, -0.2) is 4.39 Å². The molecule has 0 N–H and O–H groups in total. The molecule has 1 aliphatic carbocycles.